The van der Waals surface area contributed by atoms with Crippen LogP contribution in [-0.2, 0) is 10.0 Å². The van der Waals surface area contributed by atoms with E-state index in [2.05, 4.69) is 4.72 Å². The quantitative estimate of drug-likeness (QED) is 0.830. The van der Waals surface area contributed by atoms with Crippen molar-refractivity contribution in [2.75, 3.05) is 22.7 Å². The van der Waals surface area contributed by atoms with Crippen molar-refractivity contribution in [3.63, 3.8) is 0 Å². The average Bonchev–Trinajstić information content (AvgIpc) is 3.08. The van der Waals surface area contributed by atoms with Crippen molar-refractivity contribution in [1.29, 1.82) is 0 Å². The molecule has 6 nitrogen and oxygen atoms in total. The lowest BCUT2D eigenvalue weighted by molar-refractivity contribution is 0.0691. The molecule has 0 saturated carbocycles. The van der Waals surface area contributed by atoms with E-state index in [0.29, 0.717) is 5.69 Å². The lowest BCUT2D eigenvalue weighted by Crippen LogP contribution is -2.19. The molecule has 3 rings (SSSR count). The number of sulfonamides is 1. The van der Waals surface area contributed by atoms with Crippen LogP contribution in [-0.4, -0.2) is 32.6 Å². The Hall–Kier alpha value is -2.68. The highest BCUT2D eigenvalue weighted by Gasteiger charge is 2.21. The molecule has 0 aromatic heterocycles. The molecule has 0 radical (unpaired) electrons. The van der Waals surface area contributed by atoms with Crippen LogP contribution in [0.25, 0.3) is 0 Å². The topological polar surface area (TPSA) is 86.7 Å². The summed E-state index contributed by atoms with van der Waals surface area (Å²) < 4.78 is 54.7. The van der Waals surface area contributed by atoms with Gasteiger partial charge >= 0.3 is 5.97 Å². The van der Waals surface area contributed by atoms with E-state index in [9.17, 15) is 22.0 Å². The fraction of sp³-hybridized carbons (Fsp3) is 0.235. The third-order valence-electron chi connectivity index (χ3n) is 4.13. The molecular formula is C17H16F2N2O4S. The molecular weight excluding hydrogens is 366 g/mol. The van der Waals surface area contributed by atoms with Gasteiger partial charge in [-0.3, -0.25) is 4.72 Å². The van der Waals surface area contributed by atoms with Crippen molar-refractivity contribution < 1.29 is 27.1 Å². The Morgan fingerprint density at radius 3 is 2.35 bits per heavy atom. The van der Waals surface area contributed by atoms with E-state index in [-0.39, 0.29) is 5.69 Å². The zero-order valence-electron chi connectivity index (χ0n) is 13.6. The zero-order chi connectivity index (χ0) is 18.9. The van der Waals surface area contributed by atoms with Crippen molar-refractivity contribution in [2.24, 2.45) is 0 Å². The van der Waals surface area contributed by atoms with Gasteiger partial charge in [-0.15, -0.1) is 0 Å². The Morgan fingerprint density at radius 1 is 1.04 bits per heavy atom. The number of carbonyl (C=O) groups is 1. The summed E-state index contributed by atoms with van der Waals surface area (Å²) in [5.74, 6) is -3.18. The van der Waals surface area contributed by atoms with Gasteiger partial charge in [0, 0.05) is 19.2 Å². The van der Waals surface area contributed by atoms with Crippen LogP contribution >= 0.6 is 0 Å². The summed E-state index contributed by atoms with van der Waals surface area (Å²) in [7, 11) is -4.20. The standard InChI is InChI=1S/C17H16F2N2O4S/c18-14-5-4-12(10-13(14)17(22)23)26(24,25)20-11-3-6-16(15(19)9-11)21-7-1-2-8-21/h3-6,9-10,20H,1-2,7-8H2,(H,22,23). The fourth-order valence-corrected chi connectivity index (χ4v) is 3.91. The zero-order valence-corrected chi connectivity index (χ0v) is 14.4. The van der Waals surface area contributed by atoms with Gasteiger partial charge in [-0.1, -0.05) is 0 Å². The van der Waals surface area contributed by atoms with Gasteiger partial charge in [0.05, 0.1) is 21.8 Å². The Balaban J connectivity index is 1.87. The molecule has 0 spiro atoms. The first-order chi connectivity index (χ1) is 12.3. The minimum absolute atomic E-state index is 0.00773. The van der Waals surface area contributed by atoms with E-state index >= 15 is 0 Å². The Kier molecular flexibility index (Phi) is 4.82. The molecule has 1 heterocycles. The first-order valence-electron chi connectivity index (χ1n) is 7.88. The lowest BCUT2D eigenvalue weighted by Gasteiger charge is -2.19. The number of nitrogens with zero attached hydrogens (tertiary/aromatic N) is 1. The number of benzene rings is 2. The number of carboxylic acids is 1. The maximum atomic E-state index is 14.3. The van der Waals surface area contributed by atoms with E-state index in [1.165, 1.54) is 12.1 Å². The second kappa shape index (κ2) is 6.91. The molecule has 0 unspecified atom stereocenters. The highest BCUT2D eigenvalue weighted by Crippen LogP contribution is 2.27. The second-order valence-corrected chi connectivity index (χ2v) is 7.60. The molecule has 0 bridgehead atoms. The van der Waals surface area contributed by atoms with Gasteiger partial charge in [-0.05, 0) is 43.2 Å². The molecule has 26 heavy (non-hydrogen) atoms. The number of halogens is 2. The van der Waals surface area contributed by atoms with Crippen molar-refractivity contribution >= 4 is 27.4 Å². The summed E-state index contributed by atoms with van der Waals surface area (Å²) in [4.78, 5) is 12.4. The van der Waals surface area contributed by atoms with Gasteiger partial charge < -0.3 is 10.0 Å². The predicted octanol–water partition coefficient (Wildman–Crippen LogP) is 3.06. The Labute approximate surface area is 149 Å². The van der Waals surface area contributed by atoms with Gasteiger partial charge in [0.1, 0.15) is 11.6 Å². The van der Waals surface area contributed by atoms with Crippen LogP contribution in [0.2, 0.25) is 0 Å². The van der Waals surface area contributed by atoms with Crippen molar-refractivity contribution in [1.82, 2.24) is 0 Å². The van der Waals surface area contributed by atoms with Crippen LogP contribution in [0.3, 0.4) is 0 Å². The van der Waals surface area contributed by atoms with Crippen LogP contribution in [0.15, 0.2) is 41.3 Å². The molecule has 9 heteroatoms. The van der Waals surface area contributed by atoms with Crippen LogP contribution in [0.5, 0.6) is 0 Å². The maximum Gasteiger partial charge on any atom is 0.338 e. The highest BCUT2D eigenvalue weighted by atomic mass is 32.2. The van der Waals surface area contributed by atoms with Gasteiger partial charge in [-0.2, -0.15) is 0 Å². The van der Waals surface area contributed by atoms with Crippen molar-refractivity contribution in [2.45, 2.75) is 17.7 Å². The summed E-state index contributed by atoms with van der Waals surface area (Å²) in [6.45, 7) is 1.49. The molecule has 2 aromatic carbocycles. The van der Waals surface area contributed by atoms with Crippen LogP contribution in [0, 0.1) is 11.6 Å². The first kappa shape index (κ1) is 18.1. The largest absolute Gasteiger partial charge is 0.478 e. The van der Waals surface area contributed by atoms with Crippen molar-refractivity contribution in [3.05, 3.63) is 53.6 Å². The molecule has 1 aliphatic rings. The Bertz CT molecular complexity index is 957. The molecule has 2 aromatic rings. The smallest absolute Gasteiger partial charge is 0.338 e. The number of rotatable bonds is 5. The summed E-state index contributed by atoms with van der Waals surface area (Å²) in [6.07, 6.45) is 1.95. The van der Waals surface area contributed by atoms with Gasteiger partial charge in [0.15, 0.2) is 0 Å². The van der Waals surface area contributed by atoms with Crippen LogP contribution < -0.4 is 9.62 Å². The maximum absolute atomic E-state index is 14.3. The Morgan fingerprint density at radius 2 is 1.73 bits per heavy atom. The van der Waals surface area contributed by atoms with E-state index in [4.69, 9.17) is 5.11 Å². The average molecular weight is 382 g/mol. The minimum Gasteiger partial charge on any atom is -0.478 e. The van der Waals surface area contributed by atoms with Crippen LogP contribution in [0.4, 0.5) is 20.2 Å². The van der Waals surface area contributed by atoms with Gasteiger partial charge in [-0.25, -0.2) is 22.0 Å². The van der Waals surface area contributed by atoms with E-state index in [1.54, 1.807) is 0 Å². The number of hydrogen-bond donors (Lipinski definition) is 2. The molecule has 0 aliphatic carbocycles. The molecule has 0 atom stereocenters. The molecule has 1 aliphatic heterocycles. The normalized spacial score (nSPS) is 14.5. The number of carboxylic acid groups (broad SMARTS) is 1. The monoisotopic (exact) mass is 382 g/mol. The molecule has 138 valence electrons. The summed E-state index contributed by atoms with van der Waals surface area (Å²) in [6, 6.07) is 6.40. The molecule has 1 saturated heterocycles. The summed E-state index contributed by atoms with van der Waals surface area (Å²) in [5, 5.41) is 8.91. The molecule has 1 fully saturated rings. The van der Waals surface area contributed by atoms with Gasteiger partial charge in [0.2, 0.25) is 0 Å². The minimum atomic E-state index is -4.20. The number of anilines is 2. The molecule has 0 amide bonds. The number of nitrogens with one attached hydrogen (secondary N) is 1. The van der Waals surface area contributed by atoms with E-state index in [1.807, 2.05) is 4.90 Å². The second-order valence-electron chi connectivity index (χ2n) is 5.91. The summed E-state index contributed by atoms with van der Waals surface area (Å²) in [5.41, 5.74) is -0.365. The third kappa shape index (κ3) is 3.62. The first-order valence-corrected chi connectivity index (χ1v) is 9.36. The predicted molar refractivity (Wildman–Crippen MR) is 92.0 cm³/mol. The van der Waals surface area contributed by atoms with Gasteiger partial charge in [0.25, 0.3) is 10.0 Å². The highest BCUT2D eigenvalue weighted by molar-refractivity contribution is 7.92. The van der Waals surface area contributed by atoms with Crippen molar-refractivity contribution in [3.8, 4) is 0 Å². The fourth-order valence-electron chi connectivity index (χ4n) is 2.83. The summed E-state index contributed by atoms with van der Waals surface area (Å²) >= 11 is 0. The molecule has 2 N–H and O–H groups in total. The van der Waals surface area contributed by atoms with E-state index < -0.39 is 38.1 Å². The van der Waals surface area contributed by atoms with E-state index in [0.717, 1.165) is 50.2 Å². The number of aromatic carboxylic acids is 1. The SMILES string of the molecule is O=C(O)c1cc(S(=O)(=O)Nc2ccc(N3CCCC3)c(F)c2)ccc1F. The van der Waals surface area contributed by atoms with Crippen LogP contribution in [0.1, 0.15) is 23.2 Å². The lowest BCUT2D eigenvalue weighted by atomic mass is 10.2. The third-order valence-corrected chi connectivity index (χ3v) is 5.50. The number of hydrogen-bond acceptors (Lipinski definition) is 4.